The fraction of sp³-hybridized carbons (Fsp3) is 0.500. The Hall–Kier alpha value is -1.44. The second-order valence-corrected chi connectivity index (χ2v) is 7.50. The van der Waals surface area contributed by atoms with Gasteiger partial charge in [-0.3, -0.25) is 4.99 Å². The monoisotopic (exact) mass is 572 g/mol. The van der Waals surface area contributed by atoms with Crippen molar-refractivity contribution in [3.63, 3.8) is 0 Å². The van der Waals surface area contributed by atoms with Gasteiger partial charge < -0.3 is 20.5 Å². The smallest absolute Gasteiger partial charge is 0.389 e. The van der Waals surface area contributed by atoms with Crippen LogP contribution in [-0.4, -0.2) is 48.4 Å². The van der Waals surface area contributed by atoms with Crippen molar-refractivity contribution in [3.05, 3.63) is 52.0 Å². The van der Waals surface area contributed by atoms with Gasteiger partial charge in [-0.1, -0.05) is 30.3 Å². The molecule has 0 spiro atoms. The van der Waals surface area contributed by atoms with Gasteiger partial charge in [-0.15, -0.1) is 35.3 Å². The molecule has 11 heteroatoms. The van der Waals surface area contributed by atoms with Gasteiger partial charge in [0.1, 0.15) is 0 Å². The summed E-state index contributed by atoms with van der Waals surface area (Å²) in [5.41, 5.74) is 0.162. The predicted octanol–water partition coefficient (Wildman–Crippen LogP) is 4.02. The normalized spacial score (nSPS) is 13.9. The fourth-order valence-electron chi connectivity index (χ4n) is 2.51. The molecular formula is C20H28F3IN4O2S. The third kappa shape index (κ3) is 10.1. The number of guanidine groups is 1. The highest BCUT2D eigenvalue weighted by molar-refractivity contribution is 14.0. The van der Waals surface area contributed by atoms with Gasteiger partial charge in [0.15, 0.2) is 11.7 Å². The molecule has 2 aromatic rings. The average molecular weight is 572 g/mol. The number of aliphatic imine (C=N–C) groups is 1. The van der Waals surface area contributed by atoms with Crippen molar-refractivity contribution < 1.29 is 23.0 Å². The summed E-state index contributed by atoms with van der Waals surface area (Å²) in [4.78, 5) is 7.91. The Kier molecular flexibility index (Phi) is 12.3. The first-order valence-corrected chi connectivity index (χ1v) is 10.6. The molecule has 1 aromatic carbocycles. The van der Waals surface area contributed by atoms with Gasteiger partial charge in [0.25, 0.3) is 0 Å². The van der Waals surface area contributed by atoms with Crippen LogP contribution in [0, 0.1) is 0 Å². The third-order valence-corrected chi connectivity index (χ3v) is 4.99. The molecule has 0 bridgehead atoms. The number of aliphatic hydroxyl groups excluding tert-OH is 1. The number of halogens is 4. The van der Waals surface area contributed by atoms with E-state index in [1.165, 1.54) is 0 Å². The van der Waals surface area contributed by atoms with Crippen molar-refractivity contribution in [3.8, 4) is 0 Å². The highest BCUT2D eigenvalue weighted by Gasteiger charge is 2.33. The van der Waals surface area contributed by atoms with Gasteiger partial charge in [0, 0.05) is 24.9 Å². The summed E-state index contributed by atoms with van der Waals surface area (Å²) >= 11 is 0.979. The number of hydrogen-bond acceptors (Lipinski definition) is 5. The van der Waals surface area contributed by atoms with Crippen LogP contribution < -0.4 is 10.6 Å². The van der Waals surface area contributed by atoms with Crippen LogP contribution in [0.3, 0.4) is 0 Å². The highest BCUT2D eigenvalue weighted by atomic mass is 127. The van der Waals surface area contributed by atoms with E-state index < -0.39 is 18.0 Å². The van der Waals surface area contributed by atoms with E-state index >= 15 is 0 Å². The van der Waals surface area contributed by atoms with Crippen LogP contribution in [0.1, 0.15) is 36.2 Å². The number of aromatic nitrogens is 1. The molecule has 0 aliphatic heterocycles. The van der Waals surface area contributed by atoms with E-state index in [1.807, 2.05) is 44.2 Å². The Bertz CT molecular complexity index is 790. The average Bonchev–Trinajstić information content (AvgIpc) is 3.20. The summed E-state index contributed by atoms with van der Waals surface area (Å²) in [6.07, 6.45) is -5.00. The molecule has 0 aliphatic rings. The van der Waals surface area contributed by atoms with Crippen molar-refractivity contribution in [2.24, 2.45) is 4.99 Å². The van der Waals surface area contributed by atoms with Crippen LogP contribution in [-0.2, 0) is 17.3 Å². The molecule has 6 nitrogen and oxygen atoms in total. The maximum Gasteiger partial charge on any atom is 0.434 e. The number of thiazole rings is 1. The molecule has 2 rings (SSSR count). The molecule has 174 valence electrons. The first-order chi connectivity index (χ1) is 14.3. The second-order valence-electron chi connectivity index (χ2n) is 6.56. The van der Waals surface area contributed by atoms with E-state index in [1.54, 1.807) is 0 Å². The van der Waals surface area contributed by atoms with Gasteiger partial charge in [-0.05, 0) is 19.4 Å². The molecule has 0 saturated heterocycles. The van der Waals surface area contributed by atoms with E-state index in [0.29, 0.717) is 30.5 Å². The predicted molar refractivity (Wildman–Crippen MR) is 127 cm³/mol. The first kappa shape index (κ1) is 27.6. The molecule has 1 heterocycles. The van der Waals surface area contributed by atoms with E-state index in [9.17, 15) is 18.3 Å². The number of hydrogen-bond donors (Lipinski definition) is 3. The van der Waals surface area contributed by atoms with Crippen molar-refractivity contribution >= 4 is 41.3 Å². The molecule has 0 saturated carbocycles. The van der Waals surface area contributed by atoms with Gasteiger partial charge in [0.05, 0.1) is 30.4 Å². The zero-order valence-electron chi connectivity index (χ0n) is 17.4. The minimum Gasteiger partial charge on any atom is -0.389 e. The molecule has 2 unspecified atom stereocenters. The molecule has 0 fully saturated rings. The van der Waals surface area contributed by atoms with E-state index in [2.05, 4.69) is 20.6 Å². The van der Waals surface area contributed by atoms with Gasteiger partial charge >= 0.3 is 6.18 Å². The van der Waals surface area contributed by atoms with Gasteiger partial charge in [-0.25, -0.2) is 4.98 Å². The molecule has 0 aliphatic carbocycles. The van der Waals surface area contributed by atoms with Crippen LogP contribution in [0.15, 0.2) is 40.7 Å². The number of alkyl halides is 3. The largest absolute Gasteiger partial charge is 0.434 e. The molecule has 0 radical (unpaired) electrons. The maximum absolute atomic E-state index is 12.6. The minimum absolute atomic E-state index is 0. The van der Waals surface area contributed by atoms with Gasteiger partial charge in [0.2, 0.25) is 0 Å². The molecule has 3 N–H and O–H groups in total. The topological polar surface area (TPSA) is 78.8 Å². The number of nitrogens with zero attached hydrogens (tertiary/aromatic N) is 2. The summed E-state index contributed by atoms with van der Waals surface area (Å²) in [5, 5.41) is 17.6. The SMILES string of the molecule is CCNC(=NCC(O)COC(C)c1ccccc1)NCCc1nc(C(F)(F)F)cs1.I. The Labute approximate surface area is 201 Å². The number of nitrogens with one attached hydrogen (secondary N) is 2. The lowest BCUT2D eigenvalue weighted by Crippen LogP contribution is -2.39. The van der Waals surface area contributed by atoms with E-state index in [0.717, 1.165) is 22.3 Å². The number of rotatable bonds is 10. The summed E-state index contributed by atoms with van der Waals surface area (Å²) in [6, 6.07) is 9.71. The molecule has 31 heavy (non-hydrogen) atoms. The molecule has 1 aromatic heterocycles. The first-order valence-electron chi connectivity index (χ1n) is 9.68. The highest BCUT2D eigenvalue weighted by Crippen LogP contribution is 2.30. The lowest BCUT2D eigenvalue weighted by molar-refractivity contribution is -0.140. The second kappa shape index (κ2) is 13.9. The summed E-state index contributed by atoms with van der Waals surface area (Å²) < 4.78 is 43.5. The summed E-state index contributed by atoms with van der Waals surface area (Å²) in [6.45, 7) is 5.06. The fourth-order valence-corrected chi connectivity index (χ4v) is 3.32. The standard InChI is InChI=1S/C20H27F3N4O2S.HI/c1-3-24-19(25-10-9-18-27-17(13-30-18)20(21,22)23)26-11-16(28)12-29-14(2)15-7-5-4-6-8-15;/h4-8,13-14,16,28H,3,9-12H2,1-2H3,(H2,24,25,26);1H. The zero-order chi connectivity index (χ0) is 22.0. The number of benzene rings is 1. The Morgan fingerprint density at radius 3 is 2.58 bits per heavy atom. The van der Waals surface area contributed by atoms with Crippen LogP contribution >= 0.6 is 35.3 Å². The van der Waals surface area contributed by atoms with Crippen molar-refractivity contribution in [1.82, 2.24) is 15.6 Å². The molecule has 2 atom stereocenters. The Morgan fingerprint density at radius 2 is 1.97 bits per heavy atom. The third-order valence-electron chi connectivity index (χ3n) is 4.09. The zero-order valence-corrected chi connectivity index (χ0v) is 20.5. The molecule has 0 amide bonds. The lowest BCUT2D eigenvalue weighted by Gasteiger charge is -2.16. The summed E-state index contributed by atoms with van der Waals surface area (Å²) in [7, 11) is 0. The molecular weight excluding hydrogens is 544 g/mol. The lowest BCUT2D eigenvalue weighted by atomic mass is 10.1. The van der Waals surface area contributed by atoms with Crippen molar-refractivity contribution in [2.75, 3.05) is 26.2 Å². The number of aliphatic hydroxyl groups is 1. The van der Waals surface area contributed by atoms with Crippen LogP contribution in [0.2, 0.25) is 0 Å². The Morgan fingerprint density at radius 1 is 1.26 bits per heavy atom. The van der Waals surface area contributed by atoms with Crippen molar-refractivity contribution in [2.45, 2.75) is 38.7 Å². The van der Waals surface area contributed by atoms with Gasteiger partial charge in [-0.2, -0.15) is 13.2 Å². The van der Waals surface area contributed by atoms with Crippen LogP contribution in [0.4, 0.5) is 13.2 Å². The quantitative estimate of drug-likeness (QED) is 0.228. The van der Waals surface area contributed by atoms with Crippen molar-refractivity contribution in [1.29, 1.82) is 0 Å². The Balaban J connectivity index is 0.00000480. The van der Waals surface area contributed by atoms with E-state index in [-0.39, 0.29) is 43.2 Å². The maximum atomic E-state index is 12.6. The van der Waals surface area contributed by atoms with Crippen LogP contribution in [0.25, 0.3) is 0 Å². The minimum atomic E-state index is -4.42. The van der Waals surface area contributed by atoms with Crippen LogP contribution in [0.5, 0.6) is 0 Å². The number of ether oxygens (including phenoxy) is 1. The van der Waals surface area contributed by atoms with E-state index in [4.69, 9.17) is 4.74 Å². The summed E-state index contributed by atoms with van der Waals surface area (Å²) in [5.74, 6) is 0.472.